The number of carbonyl (C=O) groups excluding carboxylic acids is 2. The van der Waals surface area contributed by atoms with E-state index in [1.54, 1.807) is 16.7 Å². The second kappa shape index (κ2) is 5.55. The largest absolute Gasteiger partial charge is 0.340 e. The van der Waals surface area contributed by atoms with Crippen molar-refractivity contribution in [3.05, 3.63) is 24.3 Å². The van der Waals surface area contributed by atoms with Crippen LogP contribution in [0, 0.1) is 5.92 Å². The van der Waals surface area contributed by atoms with Gasteiger partial charge in [0.1, 0.15) is 0 Å². The Morgan fingerprint density at radius 2 is 2.17 bits per heavy atom. The molecule has 0 aromatic heterocycles. The maximum Gasteiger partial charge on any atom is 0.259 e. The first-order valence-corrected chi connectivity index (χ1v) is 9.38. The van der Waals surface area contributed by atoms with Gasteiger partial charge in [0.2, 0.25) is 5.91 Å². The Kier molecular flexibility index (Phi) is 3.63. The minimum atomic E-state index is -0.731. The van der Waals surface area contributed by atoms with Crippen LogP contribution < -0.4 is 4.90 Å². The van der Waals surface area contributed by atoms with E-state index >= 15 is 0 Å². The van der Waals surface area contributed by atoms with Gasteiger partial charge >= 0.3 is 0 Å². The zero-order valence-corrected chi connectivity index (χ0v) is 14.3. The van der Waals surface area contributed by atoms with Gasteiger partial charge in [0.05, 0.1) is 5.69 Å². The van der Waals surface area contributed by atoms with Crippen LogP contribution in [-0.4, -0.2) is 34.7 Å². The van der Waals surface area contributed by atoms with Crippen molar-refractivity contribution in [1.82, 2.24) is 4.90 Å². The molecule has 2 aliphatic heterocycles. The van der Waals surface area contributed by atoms with E-state index in [-0.39, 0.29) is 11.8 Å². The molecule has 23 heavy (non-hydrogen) atoms. The first-order valence-electron chi connectivity index (χ1n) is 8.56. The first kappa shape index (κ1) is 15.1. The number of fused-ring (bicyclic) bond motifs is 3. The first-order chi connectivity index (χ1) is 11.2. The Morgan fingerprint density at radius 3 is 2.91 bits per heavy atom. The highest BCUT2D eigenvalue weighted by molar-refractivity contribution is 8.02. The quantitative estimate of drug-likeness (QED) is 0.832. The zero-order valence-electron chi connectivity index (χ0n) is 13.5. The van der Waals surface area contributed by atoms with Crippen LogP contribution in [0.25, 0.3) is 0 Å². The van der Waals surface area contributed by atoms with Gasteiger partial charge in [-0.05, 0) is 43.7 Å². The van der Waals surface area contributed by atoms with Crippen molar-refractivity contribution in [3.8, 4) is 0 Å². The third kappa shape index (κ3) is 2.36. The maximum absolute atomic E-state index is 13.4. The summed E-state index contributed by atoms with van der Waals surface area (Å²) in [6.07, 6.45) is 4.51. The number of para-hydroxylation sites is 1. The second-order valence-corrected chi connectivity index (χ2v) is 8.10. The molecule has 0 radical (unpaired) electrons. The highest BCUT2D eigenvalue weighted by Crippen LogP contribution is 2.56. The fraction of sp³-hybridized carbons (Fsp3) is 0.556. The molecule has 4 nitrogen and oxygen atoms in total. The number of nitrogens with zero attached hydrogens (tertiary/aromatic N) is 2. The molecule has 1 saturated carbocycles. The van der Waals surface area contributed by atoms with Crippen LogP contribution in [0.1, 0.15) is 39.0 Å². The van der Waals surface area contributed by atoms with E-state index in [4.69, 9.17) is 0 Å². The molecule has 4 rings (SSSR count). The normalized spacial score (nSPS) is 25.4. The van der Waals surface area contributed by atoms with E-state index in [1.807, 2.05) is 29.2 Å². The molecular formula is C18H22N2O2S. The molecular weight excluding hydrogens is 308 g/mol. The van der Waals surface area contributed by atoms with Crippen molar-refractivity contribution in [1.29, 1.82) is 0 Å². The van der Waals surface area contributed by atoms with E-state index in [9.17, 15) is 9.59 Å². The highest BCUT2D eigenvalue weighted by atomic mass is 32.2. The smallest absolute Gasteiger partial charge is 0.259 e. The zero-order chi connectivity index (χ0) is 16.0. The van der Waals surface area contributed by atoms with Crippen LogP contribution in [0.2, 0.25) is 0 Å². The molecule has 1 atom stereocenters. The number of thioether (sulfide) groups is 1. The van der Waals surface area contributed by atoms with Crippen molar-refractivity contribution >= 4 is 29.3 Å². The SMILES string of the molecule is CCCN(CC1CC1)C(=O)C12CCC(=O)N1c1ccccc1S2. The van der Waals surface area contributed by atoms with Crippen molar-refractivity contribution in [2.24, 2.45) is 5.92 Å². The number of anilines is 1. The van der Waals surface area contributed by atoms with Gasteiger partial charge in [-0.25, -0.2) is 0 Å². The summed E-state index contributed by atoms with van der Waals surface area (Å²) < 4.78 is 0. The van der Waals surface area contributed by atoms with Crippen LogP contribution in [0.3, 0.4) is 0 Å². The van der Waals surface area contributed by atoms with Gasteiger partial charge in [0.15, 0.2) is 4.87 Å². The summed E-state index contributed by atoms with van der Waals surface area (Å²) in [6.45, 7) is 3.75. The standard InChI is InChI=1S/C18H22N2O2S/c1-2-11-19(12-13-7-8-13)17(22)18-10-9-16(21)20(18)14-5-3-4-6-15(14)23-18/h3-6,13H,2,7-12H2,1H3. The lowest BCUT2D eigenvalue weighted by Gasteiger charge is -2.35. The van der Waals surface area contributed by atoms with Crippen molar-refractivity contribution in [2.75, 3.05) is 18.0 Å². The molecule has 122 valence electrons. The fourth-order valence-corrected chi connectivity index (χ4v) is 5.17. The summed E-state index contributed by atoms with van der Waals surface area (Å²) in [5.41, 5.74) is 0.913. The number of amides is 2. The van der Waals surface area contributed by atoms with E-state index < -0.39 is 4.87 Å². The molecule has 2 heterocycles. The molecule has 1 aliphatic carbocycles. The molecule has 1 saturated heterocycles. The predicted octanol–water partition coefficient (Wildman–Crippen LogP) is 3.26. The maximum atomic E-state index is 13.4. The van der Waals surface area contributed by atoms with Crippen LogP contribution in [0.4, 0.5) is 5.69 Å². The fourth-order valence-electron chi connectivity index (χ4n) is 3.69. The highest BCUT2D eigenvalue weighted by Gasteiger charge is 2.58. The molecule has 1 aromatic carbocycles. The van der Waals surface area contributed by atoms with Gasteiger partial charge in [-0.3, -0.25) is 14.5 Å². The average Bonchev–Trinajstić information content (AvgIpc) is 3.21. The Labute approximate surface area is 141 Å². The summed E-state index contributed by atoms with van der Waals surface area (Å²) in [7, 11) is 0. The lowest BCUT2D eigenvalue weighted by atomic mass is 10.1. The van der Waals surface area contributed by atoms with Gasteiger partial charge in [-0.15, -0.1) is 0 Å². The van der Waals surface area contributed by atoms with Crippen LogP contribution in [-0.2, 0) is 9.59 Å². The molecule has 3 aliphatic rings. The van der Waals surface area contributed by atoms with Crippen molar-refractivity contribution in [2.45, 2.75) is 48.8 Å². The van der Waals surface area contributed by atoms with E-state index in [2.05, 4.69) is 6.92 Å². The lowest BCUT2D eigenvalue weighted by Crippen LogP contribution is -2.54. The predicted molar refractivity (Wildman–Crippen MR) is 91.3 cm³/mol. The molecule has 0 N–H and O–H groups in total. The van der Waals surface area contributed by atoms with Crippen molar-refractivity contribution < 1.29 is 9.59 Å². The van der Waals surface area contributed by atoms with Crippen molar-refractivity contribution in [3.63, 3.8) is 0 Å². The van der Waals surface area contributed by atoms with Gasteiger partial charge in [0.25, 0.3) is 5.91 Å². The number of carbonyl (C=O) groups is 2. The minimum absolute atomic E-state index is 0.0821. The summed E-state index contributed by atoms with van der Waals surface area (Å²) in [4.78, 5) is 30.0. The summed E-state index contributed by atoms with van der Waals surface area (Å²) >= 11 is 1.58. The number of hydrogen-bond donors (Lipinski definition) is 0. The second-order valence-electron chi connectivity index (χ2n) is 6.78. The Hall–Kier alpha value is -1.49. The molecule has 0 bridgehead atoms. The topological polar surface area (TPSA) is 40.6 Å². The third-order valence-electron chi connectivity index (χ3n) is 4.96. The molecule has 1 aromatic rings. The lowest BCUT2D eigenvalue weighted by molar-refractivity contribution is -0.134. The van der Waals surface area contributed by atoms with E-state index in [1.165, 1.54) is 12.8 Å². The van der Waals surface area contributed by atoms with E-state index in [0.717, 1.165) is 30.1 Å². The monoisotopic (exact) mass is 330 g/mol. The van der Waals surface area contributed by atoms with Crippen LogP contribution in [0.15, 0.2) is 29.2 Å². The van der Waals surface area contributed by atoms with Gasteiger partial charge in [-0.1, -0.05) is 30.8 Å². The summed E-state index contributed by atoms with van der Waals surface area (Å²) in [5.74, 6) is 0.887. The molecule has 1 unspecified atom stereocenters. The summed E-state index contributed by atoms with van der Waals surface area (Å²) in [6, 6.07) is 7.90. The van der Waals surface area contributed by atoms with Gasteiger partial charge in [0, 0.05) is 24.4 Å². The molecule has 2 fully saturated rings. The number of hydrogen-bond acceptors (Lipinski definition) is 3. The summed E-state index contributed by atoms with van der Waals surface area (Å²) in [5, 5.41) is 0. The molecule has 5 heteroatoms. The minimum Gasteiger partial charge on any atom is -0.340 e. The Morgan fingerprint density at radius 1 is 1.39 bits per heavy atom. The Bertz CT molecular complexity index is 658. The van der Waals surface area contributed by atoms with Gasteiger partial charge < -0.3 is 4.90 Å². The third-order valence-corrected chi connectivity index (χ3v) is 6.43. The van der Waals surface area contributed by atoms with Crippen LogP contribution >= 0.6 is 11.8 Å². The molecule has 2 amide bonds. The number of rotatable bonds is 5. The average molecular weight is 330 g/mol. The van der Waals surface area contributed by atoms with Gasteiger partial charge in [-0.2, -0.15) is 0 Å². The number of benzene rings is 1. The van der Waals surface area contributed by atoms with E-state index in [0.29, 0.717) is 18.8 Å². The Balaban J connectivity index is 1.68. The van der Waals surface area contributed by atoms with Crippen LogP contribution in [0.5, 0.6) is 0 Å². The molecule has 0 spiro atoms.